The minimum atomic E-state index is -4.39. The van der Waals surface area contributed by atoms with Crippen molar-refractivity contribution < 1.29 is 17.9 Å². The fourth-order valence-corrected chi connectivity index (χ4v) is 2.49. The Hall–Kier alpha value is -2.48. The summed E-state index contributed by atoms with van der Waals surface area (Å²) in [6.45, 7) is 1.35. The molecule has 0 aliphatic rings. The number of aliphatic imine (C=N–C) groups is 1. The molecule has 2 rings (SSSR count). The van der Waals surface area contributed by atoms with Gasteiger partial charge in [0.2, 0.25) is 0 Å². The van der Waals surface area contributed by atoms with Crippen molar-refractivity contribution in [1.29, 1.82) is 0 Å². The van der Waals surface area contributed by atoms with Crippen LogP contribution in [0.3, 0.4) is 0 Å². The summed E-state index contributed by atoms with van der Waals surface area (Å²) in [7, 11) is 1.62. The number of nitrogens with zero attached hydrogens (tertiary/aromatic N) is 2. The van der Waals surface area contributed by atoms with E-state index in [1.54, 1.807) is 38.4 Å². The van der Waals surface area contributed by atoms with E-state index in [0.29, 0.717) is 23.2 Å². The summed E-state index contributed by atoms with van der Waals surface area (Å²) in [6.07, 6.45) is -1.96. The van der Waals surface area contributed by atoms with Gasteiger partial charge < -0.3 is 15.4 Å². The first-order valence-corrected chi connectivity index (χ1v) is 8.98. The lowest BCUT2D eigenvalue weighted by Gasteiger charge is -2.16. The molecule has 0 radical (unpaired) electrons. The Kier molecular flexibility index (Phi) is 7.92. The van der Waals surface area contributed by atoms with Crippen molar-refractivity contribution in [3.05, 3.63) is 58.4 Å². The van der Waals surface area contributed by atoms with Gasteiger partial charge in [0, 0.05) is 31.9 Å². The Labute approximate surface area is 167 Å². The number of aryl methyl sites for hydroxylation is 1. The fourth-order valence-electron chi connectivity index (χ4n) is 2.38. The van der Waals surface area contributed by atoms with E-state index in [0.717, 1.165) is 17.5 Å². The Morgan fingerprint density at radius 3 is 2.64 bits per heavy atom. The van der Waals surface area contributed by atoms with Crippen LogP contribution in [0.1, 0.15) is 16.7 Å². The number of hydrogen-bond acceptors (Lipinski definition) is 3. The third-order valence-corrected chi connectivity index (χ3v) is 4.00. The zero-order valence-electron chi connectivity index (χ0n) is 15.6. The maximum absolute atomic E-state index is 12.5. The fraction of sp³-hybridized carbons (Fsp3) is 0.368. The second-order valence-corrected chi connectivity index (χ2v) is 6.49. The van der Waals surface area contributed by atoms with Crippen LogP contribution in [0.4, 0.5) is 13.2 Å². The topological polar surface area (TPSA) is 58.5 Å². The molecule has 1 heterocycles. The maximum atomic E-state index is 12.5. The number of nitrogens with one attached hydrogen (secondary N) is 2. The standard InChI is InChI=1S/C19H22ClF3N4O/c1-13-3-5-15(16(9-13)28-12-19(21,22)23)11-27-18(24-2)25-8-7-14-4-6-17(20)26-10-14/h3-6,9-10H,7-8,11-12H2,1-2H3,(H2,24,25,27). The summed E-state index contributed by atoms with van der Waals surface area (Å²) in [6, 6.07) is 8.77. The van der Waals surface area contributed by atoms with Gasteiger partial charge in [0.05, 0.1) is 0 Å². The molecule has 0 saturated heterocycles. The Morgan fingerprint density at radius 2 is 2.00 bits per heavy atom. The predicted octanol–water partition coefficient (Wildman–Crippen LogP) is 3.89. The summed E-state index contributed by atoms with van der Waals surface area (Å²) in [5, 5.41) is 6.67. The molecule has 152 valence electrons. The van der Waals surface area contributed by atoms with Crippen LogP contribution >= 0.6 is 11.6 Å². The van der Waals surface area contributed by atoms with Crippen molar-refractivity contribution in [2.45, 2.75) is 26.1 Å². The van der Waals surface area contributed by atoms with Crippen LogP contribution in [0.25, 0.3) is 0 Å². The highest BCUT2D eigenvalue weighted by molar-refractivity contribution is 6.29. The molecule has 0 aliphatic carbocycles. The molecule has 0 unspecified atom stereocenters. The number of guanidine groups is 1. The van der Waals surface area contributed by atoms with Crippen molar-refractivity contribution in [2.24, 2.45) is 4.99 Å². The predicted molar refractivity (Wildman–Crippen MR) is 104 cm³/mol. The molecular weight excluding hydrogens is 393 g/mol. The van der Waals surface area contributed by atoms with E-state index in [4.69, 9.17) is 16.3 Å². The summed E-state index contributed by atoms with van der Waals surface area (Å²) in [5.74, 6) is 0.733. The average molecular weight is 415 g/mol. The van der Waals surface area contributed by atoms with Gasteiger partial charge >= 0.3 is 6.18 Å². The molecule has 0 bridgehead atoms. The molecule has 2 aromatic rings. The molecule has 0 saturated carbocycles. The molecule has 1 aromatic carbocycles. The molecule has 9 heteroatoms. The zero-order valence-corrected chi connectivity index (χ0v) is 16.4. The molecule has 0 spiro atoms. The normalized spacial score (nSPS) is 12.0. The van der Waals surface area contributed by atoms with Crippen molar-refractivity contribution in [3.63, 3.8) is 0 Å². The Bertz CT molecular complexity index is 795. The largest absolute Gasteiger partial charge is 0.484 e. The van der Waals surface area contributed by atoms with Gasteiger partial charge in [-0.2, -0.15) is 13.2 Å². The van der Waals surface area contributed by atoms with E-state index in [2.05, 4.69) is 20.6 Å². The molecular formula is C19H22ClF3N4O. The molecule has 5 nitrogen and oxygen atoms in total. The zero-order chi connectivity index (χ0) is 20.6. The lowest BCUT2D eigenvalue weighted by molar-refractivity contribution is -0.153. The number of ether oxygens (including phenoxy) is 1. The van der Waals surface area contributed by atoms with Crippen molar-refractivity contribution in [2.75, 3.05) is 20.2 Å². The van der Waals surface area contributed by atoms with Gasteiger partial charge in [-0.25, -0.2) is 4.98 Å². The summed E-state index contributed by atoms with van der Waals surface area (Å²) >= 11 is 5.76. The highest BCUT2D eigenvalue weighted by Crippen LogP contribution is 2.23. The number of hydrogen-bond donors (Lipinski definition) is 2. The highest BCUT2D eigenvalue weighted by atomic mass is 35.5. The van der Waals surface area contributed by atoms with Gasteiger partial charge in [0.25, 0.3) is 0 Å². The van der Waals surface area contributed by atoms with Crippen molar-refractivity contribution in [3.8, 4) is 5.75 Å². The smallest absolute Gasteiger partial charge is 0.422 e. The first kappa shape index (κ1) is 21.8. The van der Waals surface area contributed by atoms with E-state index < -0.39 is 12.8 Å². The first-order valence-electron chi connectivity index (χ1n) is 8.61. The lowest BCUT2D eigenvalue weighted by Crippen LogP contribution is -2.38. The van der Waals surface area contributed by atoms with E-state index >= 15 is 0 Å². The Morgan fingerprint density at radius 1 is 1.21 bits per heavy atom. The minimum absolute atomic E-state index is 0.201. The molecule has 0 fully saturated rings. The van der Waals surface area contributed by atoms with E-state index in [-0.39, 0.29) is 12.3 Å². The second kappa shape index (κ2) is 10.2. The minimum Gasteiger partial charge on any atom is -0.484 e. The number of halogens is 4. The molecule has 2 N–H and O–H groups in total. The lowest BCUT2D eigenvalue weighted by atomic mass is 10.1. The number of pyridine rings is 1. The van der Waals surface area contributed by atoms with Gasteiger partial charge in [0.15, 0.2) is 12.6 Å². The molecule has 28 heavy (non-hydrogen) atoms. The second-order valence-electron chi connectivity index (χ2n) is 6.11. The monoisotopic (exact) mass is 414 g/mol. The van der Waals surface area contributed by atoms with Gasteiger partial charge in [-0.15, -0.1) is 0 Å². The summed E-state index contributed by atoms with van der Waals surface area (Å²) in [5.41, 5.74) is 2.45. The molecule has 0 aliphatic heterocycles. The first-order chi connectivity index (χ1) is 13.3. The quantitative estimate of drug-likeness (QED) is 0.410. The van der Waals surface area contributed by atoms with Crippen molar-refractivity contribution >= 4 is 17.6 Å². The van der Waals surface area contributed by atoms with Crippen LogP contribution in [-0.2, 0) is 13.0 Å². The third kappa shape index (κ3) is 7.64. The van der Waals surface area contributed by atoms with Crippen LogP contribution in [0.15, 0.2) is 41.5 Å². The number of alkyl halides is 3. The Balaban J connectivity index is 1.89. The molecule has 0 atom stereocenters. The highest BCUT2D eigenvalue weighted by Gasteiger charge is 2.28. The summed E-state index contributed by atoms with van der Waals surface area (Å²) < 4.78 is 42.3. The van der Waals surface area contributed by atoms with Crippen LogP contribution in [0.2, 0.25) is 5.15 Å². The number of benzene rings is 1. The maximum Gasteiger partial charge on any atom is 0.422 e. The average Bonchev–Trinajstić information content (AvgIpc) is 2.64. The van der Waals surface area contributed by atoms with Crippen LogP contribution in [0, 0.1) is 6.92 Å². The third-order valence-electron chi connectivity index (χ3n) is 3.78. The molecule has 0 amide bonds. The number of rotatable bonds is 7. The van der Waals surface area contributed by atoms with Gasteiger partial charge in [-0.1, -0.05) is 29.8 Å². The number of aromatic nitrogens is 1. The van der Waals surface area contributed by atoms with Crippen LogP contribution in [0.5, 0.6) is 5.75 Å². The van der Waals surface area contributed by atoms with Gasteiger partial charge in [-0.05, 0) is 36.6 Å². The summed E-state index contributed by atoms with van der Waals surface area (Å²) in [4.78, 5) is 8.14. The van der Waals surface area contributed by atoms with Crippen LogP contribution < -0.4 is 15.4 Å². The molecule has 1 aromatic heterocycles. The van der Waals surface area contributed by atoms with E-state index in [1.807, 2.05) is 12.1 Å². The van der Waals surface area contributed by atoms with E-state index in [1.165, 1.54) is 0 Å². The van der Waals surface area contributed by atoms with Crippen LogP contribution in [-0.4, -0.2) is 37.3 Å². The van der Waals surface area contributed by atoms with E-state index in [9.17, 15) is 13.2 Å². The van der Waals surface area contributed by atoms with Gasteiger partial charge in [-0.3, -0.25) is 4.99 Å². The van der Waals surface area contributed by atoms with Gasteiger partial charge in [0.1, 0.15) is 10.9 Å². The van der Waals surface area contributed by atoms with Crippen molar-refractivity contribution in [1.82, 2.24) is 15.6 Å². The SMILES string of the molecule is CN=C(NCCc1ccc(Cl)nc1)NCc1ccc(C)cc1OCC(F)(F)F.